The minimum atomic E-state index is -3.61. The van der Waals surface area contributed by atoms with E-state index in [9.17, 15) is 13.2 Å². The van der Waals surface area contributed by atoms with Gasteiger partial charge in [0, 0.05) is 25.7 Å². The Labute approximate surface area is 174 Å². The van der Waals surface area contributed by atoms with Crippen molar-refractivity contribution >= 4 is 15.9 Å². The number of nitrogens with one attached hydrogen (secondary N) is 1. The zero-order valence-electron chi connectivity index (χ0n) is 17.5. The maximum absolute atomic E-state index is 13.0. The van der Waals surface area contributed by atoms with Crippen molar-refractivity contribution < 1.29 is 17.9 Å². The lowest BCUT2D eigenvalue weighted by atomic mass is 9.99. The van der Waals surface area contributed by atoms with Crippen LogP contribution in [0.4, 0.5) is 0 Å². The highest BCUT2D eigenvalue weighted by atomic mass is 32.2. The molecule has 1 aromatic carbocycles. The van der Waals surface area contributed by atoms with Crippen LogP contribution in [0, 0.1) is 5.92 Å². The minimum Gasteiger partial charge on any atom is -0.497 e. The van der Waals surface area contributed by atoms with Crippen LogP contribution >= 0.6 is 0 Å². The molecule has 162 valence electrons. The fraction of sp³-hybridized carbons (Fsp3) is 0.667. The molecule has 1 N–H and O–H groups in total. The summed E-state index contributed by atoms with van der Waals surface area (Å²) < 4.78 is 32.4. The van der Waals surface area contributed by atoms with Gasteiger partial charge >= 0.3 is 0 Å². The summed E-state index contributed by atoms with van der Waals surface area (Å²) in [5, 5.41) is 3.03. The summed E-state index contributed by atoms with van der Waals surface area (Å²) in [5.41, 5.74) is 0. The average molecular weight is 424 g/mol. The molecule has 0 bridgehead atoms. The van der Waals surface area contributed by atoms with Crippen LogP contribution in [0.15, 0.2) is 29.2 Å². The van der Waals surface area contributed by atoms with Gasteiger partial charge in [0.25, 0.3) is 0 Å². The molecule has 2 aliphatic heterocycles. The van der Waals surface area contributed by atoms with Crippen LogP contribution in [0.5, 0.6) is 5.75 Å². The van der Waals surface area contributed by atoms with Crippen molar-refractivity contribution in [3.05, 3.63) is 24.3 Å². The largest absolute Gasteiger partial charge is 0.497 e. The Hall–Kier alpha value is -1.64. The van der Waals surface area contributed by atoms with Gasteiger partial charge in [-0.1, -0.05) is 0 Å². The van der Waals surface area contributed by atoms with Gasteiger partial charge in [0.1, 0.15) is 5.75 Å². The number of rotatable bonds is 8. The van der Waals surface area contributed by atoms with Gasteiger partial charge in [0.05, 0.1) is 17.9 Å². The molecule has 0 aliphatic carbocycles. The van der Waals surface area contributed by atoms with Crippen molar-refractivity contribution in [1.29, 1.82) is 0 Å². The molecule has 29 heavy (non-hydrogen) atoms. The first-order valence-corrected chi connectivity index (χ1v) is 12.0. The summed E-state index contributed by atoms with van der Waals surface area (Å²) in [6.45, 7) is 5.83. The van der Waals surface area contributed by atoms with Crippen LogP contribution in [0.2, 0.25) is 0 Å². The van der Waals surface area contributed by atoms with Crippen molar-refractivity contribution in [2.24, 2.45) is 5.92 Å². The number of benzene rings is 1. The number of carbonyl (C=O) groups excluding carboxylic acids is 1. The highest BCUT2D eigenvalue weighted by Crippen LogP contribution is 2.25. The molecule has 2 atom stereocenters. The molecule has 8 heteroatoms. The summed E-state index contributed by atoms with van der Waals surface area (Å²) in [6.07, 6.45) is 4.86. The summed E-state index contributed by atoms with van der Waals surface area (Å²) >= 11 is 0. The van der Waals surface area contributed by atoms with Crippen LogP contribution in [0.25, 0.3) is 0 Å². The third-order valence-electron chi connectivity index (χ3n) is 6.08. The summed E-state index contributed by atoms with van der Waals surface area (Å²) in [7, 11) is -2.06. The lowest BCUT2D eigenvalue weighted by Gasteiger charge is -2.31. The van der Waals surface area contributed by atoms with Gasteiger partial charge in [-0.3, -0.25) is 4.79 Å². The van der Waals surface area contributed by atoms with Crippen LogP contribution in [-0.4, -0.2) is 69.4 Å². The van der Waals surface area contributed by atoms with E-state index in [1.54, 1.807) is 31.4 Å². The van der Waals surface area contributed by atoms with Gasteiger partial charge < -0.3 is 15.0 Å². The van der Waals surface area contributed by atoms with E-state index < -0.39 is 10.0 Å². The number of hydrogen-bond acceptors (Lipinski definition) is 5. The van der Waals surface area contributed by atoms with E-state index in [1.807, 2.05) is 0 Å². The second-order valence-electron chi connectivity index (χ2n) is 8.05. The molecule has 3 rings (SSSR count). The standard InChI is InChI=1S/C21H33N3O4S/c1-17(23-13-3-4-14-23)11-12-22-21(25)18-6-5-15-24(16-18)29(26,27)20-9-7-19(28-2)8-10-20/h7-10,17-18H,3-6,11-16H2,1-2H3,(H,22,25)/t17-,18+/m0/s1. The van der Waals surface area contributed by atoms with Crippen molar-refractivity contribution in [2.45, 2.75) is 50.0 Å². The Morgan fingerprint density at radius 1 is 1.17 bits per heavy atom. The first-order chi connectivity index (χ1) is 13.9. The molecule has 2 heterocycles. The summed E-state index contributed by atoms with van der Waals surface area (Å²) in [4.78, 5) is 15.3. The molecule has 1 aromatic rings. The molecule has 2 saturated heterocycles. The molecule has 0 radical (unpaired) electrons. The maximum atomic E-state index is 13.0. The van der Waals surface area contributed by atoms with Crippen LogP contribution in [0.3, 0.4) is 0 Å². The molecule has 0 saturated carbocycles. The van der Waals surface area contributed by atoms with E-state index in [2.05, 4.69) is 17.1 Å². The Kier molecular flexibility index (Phi) is 7.54. The smallest absolute Gasteiger partial charge is 0.243 e. The summed E-state index contributed by atoms with van der Waals surface area (Å²) in [6, 6.07) is 6.86. The predicted octanol–water partition coefficient (Wildman–Crippen LogP) is 2.09. The number of hydrogen-bond donors (Lipinski definition) is 1. The van der Waals surface area contributed by atoms with E-state index >= 15 is 0 Å². The normalized spacial score (nSPS) is 22.3. The number of methoxy groups -OCH3 is 1. The van der Waals surface area contributed by atoms with Gasteiger partial charge in [-0.05, 0) is 76.4 Å². The SMILES string of the molecule is COc1ccc(S(=O)(=O)N2CCC[C@@H](C(=O)NCC[C@H](C)N3CCCC3)C2)cc1. The number of piperidine rings is 1. The second-order valence-corrected chi connectivity index (χ2v) is 9.99. The van der Waals surface area contributed by atoms with E-state index in [4.69, 9.17) is 4.74 Å². The first-order valence-electron chi connectivity index (χ1n) is 10.6. The minimum absolute atomic E-state index is 0.0340. The Morgan fingerprint density at radius 3 is 2.52 bits per heavy atom. The van der Waals surface area contributed by atoms with Gasteiger partial charge in [0.15, 0.2) is 0 Å². The molecule has 0 aromatic heterocycles. The van der Waals surface area contributed by atoms with Gasteiger partial charge in [-0.2, -0.15) is 4.31 Å². The number of sulfonamides is 1. The zero-order chi connectivity index (χ0) is 20.9. The topological polar surface area (TPSA) is 79.0 Å². The predicted molar refractivity (Wildman–Crippen MR) is 112 cm³/mol. The maximum Gasteiger partial charge on any atom is 0.243 e. The fourth-order valence-electron chi connectivity index (χ4n) is 4.19. The number of amides is 1. The van der Waals surface area contributed by atoms with Crippen molar-refractivity contribution in [2.75, 3.05) is 39.8 Å². The second kappa shape index (κ2) is 9.91. The van der Waals surface area contributed by atoms with Crippen LogP contribution < -0.4 is 10.1 Å². The molecule has 0 spiro atoms. The van der Waals surface area contributed by atoms with Crippen LogP contribution in [-0.2, 0) is 14.8 Å². The van der Waals surface area contributed by atoms with E-state index in [1.165, 1.54) is 17.1 Å². The van der Waals surface area contributed by atoms with Gasteiger partial charge in [-0.15, -0.1) is 0 Å². The van der Waals surface area contributed by atoms with E-state index in [0.717, 1.165) is 25.9 Å². The molecular weight excluding hydrogens is 390 g/mol. The average Bonchev–Trinajstić information content (AvgIpc) is 3.29. The third-order valence-corrected chi connectivity index (χ3v) is 7.96. The molecule has 7 nitrogen and oxygen atoms in total. The molecule has 0 unspecified atom stereocenters. The lowest BCUT2D eigenvalue weighted by molar-refractivity contribution is -0.126. The van der Waals surface area contributed by atoms with E-state index in [-0.39, 0.29) is 23.3 Å². The Bertz CT molecular complexity index is 776. The van der Waals surface area contributed by atoms with Crippen molar-refractivity contribution in [3.63, 3.8) is 0 Å². The highest BCUT2D eigenvalue weighted by Gasteiger charge is 2.33. The van der Waals surface area contributed by atoms with Crippen molar-refractivity contribution in [1.82, 2.24) is 14.5 Å². The molecule has 2 fully saturated rings. The van der Waals surface area contributed by atoms with E-state index in [0.29, 0.717) is 31.3 Å². The summed E-state index contributed by atoms with van der Waals surface area (Å²) in [5.74, 6) is 0.287. The molecular formula is C21H33N3O4S. The third kappa shape index (κ3) is 5.49. The number of carbonyl (C=O) groups is 1. The number of ether oxygens (including phenoxy) is 1. The quantitative estimate of drug-likeness (QED) is 0.693. The Morgan fingerprint density at radius 2 is 1.86 bits per heavy atom. The first kappa shape index (κ1) is 22.1. The number of nitrogens with zero attached hydrogens (tertiary/aromatic N) is 2. The molecule has 1 amide bonds. The number of likely N-dealkylation sites (tertiary alicyclic amines) is 1. The zero-order valence-corrected chi connectivity index (χ0v) is 18.3. The van der Waals surface area contributed by atoms with Gasteiger partial charge in [-0.25, -0.2) is 8.42 Å². The monoisotopic (exact) mass is 423 g/mol. The fourth-order valence-corrected chi connectivity index (χ4v) is 5.71. The Balaban J connectivity index is 1.52. The van der Waals surface area contributed by atoms with Gasteiger partial charge in [0.2, 0.25) is 15.9 Å². The van der Waals surface area contributed by atoms with Crippen molar-refractivity contribution in [3.8, 4) is 5.75 Å². The van der Waals surface area contributed by atoms with Crippen LogP contribution in [0.1, 0.15) is 39.0 Å². The highest BCUT2D eigenvalue weighted by molar-refractivity contribution is 7.89. The molecule has 2 aliphatic rings. The lowest BCUT2D eigenvalue weighted by Crippen LogP contribution is -2.46.